The molecule has 1 aromatic carbocycles. The number of anilines is 1. The highest BCUT2D eigenvalue weighted by molar-refractivity contribution is 9.10. The number of halogens is 1. The summed E-state index contributed by atoms with van der Waals surface area (Å²) in [7, 11) is -0.271. The van der Waals surface area contributed by atoms with Gasteiger partial charge in [-0.15, -0.1) is 0 Å². The van der Waals surface area contributed by atoms with E-state index in [-0.39, 0.29) is 11.4 Å². The molecule has 0 fully saturated rings. The normalized spacial score (nSPS) is 12.0. The summed E-state index contributed by atoms with van der Waals surface area (Å²) in [6, 6.07) is 3.19. The molecule has 2 aromatic rings. The third-order valence-corrected chi connectivity index (χ3v) is 5.78. The number of benzene rings is 1. The van der Waals surface area contributed by atoms with Gasteiger partial charge in [-0.2, -0.15) is 9.40 Å². The van der Waals surface area contributed by atoms with Crippen LogP contribution >= 0.6 is 15.9 Å². The van der Waals surface area contributed by atoms with Crippen LogP contribution in [0.1, 0.15) is 11.1 Å². The predicted molar refractivity (Wildman–Crippen MR) is 85.2 cm³/mol. The predicted octanol–water partition coefficient (Wildman–Crippen LogP) is 1.89. The van der Waals surface area contributed by atoms with Crippen molar-refractivity contribution in [3.63, 3.8) is 0 Å². The van der Waals surface area contributed by atoms with E-state index < -0.39 is 10.0 Å². The number of nitrogens with zero attached hydrogens (tertiary/aromatic N) is 3. The summed E-state index contributed by atoms with van der Waals surface area (Å²) >= 11 is 3.30. The van der Waals surface area contributed by atoms with Crippen LogP contribution in [0.25, 0.3) is 0 Å². The molecule has 114 valence electrons. The Morgan fingerprint density at radius 1 is 1.43 bits per heavy atom. The zero-order valence-electron chi connectivity index (χ0n) is 12.0. The smallest absolute Gasteiger partial charge is 0.243 e. The van der Waals surface area contributed by atoms with Gasteiger partial charge >= 0.3 is 0 Å². The fraction of sp³-hybridized carbons (Fsp3) is 0.308. The van der Waals surface area contributed by atoms with Crippen LogP contribution in [0.15, 0.2) is 33.9 Å². The number of rotatable bonds is 4. The average Bonchev–Trinajstić information content (AvgIpc) is 2.79. The SMILES string of the molecule is Cc1cc(Br)c(N)cc1S(=O)(=O)N(C)Cc1cnn(C)c1. The fourth-order valence-electron chi connectivity index (χ4n) is 2.01. The van der Waals surface area contributed by atoms with Gasteiger partial charge in [0.25, 0.3) is 0 Å². The Labute approximate surface area is 132 Å². The van der Waals surface area contributed by atoms with Crippen LogP contribution in [-0.2, 0) is 23.6 Å². The maximum Gasteiger partial charge on any atom is 0.243 e. The van der Waals surface area contributed by atoms with Crippen molar-refractivity contribution in [2.45, 2.75) is 18.4 Å². The summed E-state index contributed by atoms with van der Waals surface area (Å²) in [4.78, 5) is 0.217. The van der Waals surface area contributed by atoms with E-state index in [0.717, 1.165) is 5.56 Å². The maximum atomic E-state index is 12.7. The first-order valence-electron chi connectivity index (χ1n) is 6.21. The monoisotopic (exact) mass is 372 g/mol. The number of hydrogen-bond acceptors (Lipinski definition) is 4. The Bertz CT molecular complexity index is 770. The van der Waals surface area contributed by atoms with Crippen molar-refractivity contribution in [1.29, 1.82) is 0 Å². The minimum absolute atomic E-state index is 0.217. The molecule has 0 radical (unpaired) electrons. The molecule has 1 aromatic heterocycles. The molecule has 0 saturated carbocycles. The minimum Gasteiger partial charge on any atom is -0.398 e. The number of aryl methyl sites for hydroxylation is 2. The van der Waals surface area contributed by atoms with Crippen molar-refractivity contribution >= 4 is 31.6 Å². The molecule has 2 N–H and O–H groups in total. The molecule has 21 heavy (non-hydrogen) atoms. The first-order chi connectivity index (χ1) is 9.71. The van der Waals surface area contributed by atoms with Crippen LogP contribution < -0.4 is 5.73 Å². The van der Waals surface area contributed by atoms with E-state index in [0.29, 0.717) is 15.7 Å². The highest BCUT2D eigenvalue weighted by Gasteiger charge is 2.24. The highest BCUT2D eigenvalue weighted by Crippen LogP contribution is 2.28. The summed E-state index contributed by atoms with van der Waals surface area (Å²) < 4.78 is 28.9. The molecule has 0 unspecified atom stereocenters. The van der Waals surface area contributed by atoms with Crippen molar-refractivity contribution in [3.05, 3.63) is 40.1 Å². The average molecular weight is 373 g/mol. The molecule has 0 saturated heterocycles. The summed E-state index contributed by atoms with van der Waals surface area (Å²) in [5.74, 6) is 0. The van der Waals surface area contributed by atoms with E-state index >= 15 is 0 Å². The number of nitrogens with two attached hydrogens (primary N) is 1. The van der Waals surface area contributed by atoms with Gasteiger partial charge in [0.2, 0.25) is 10.0 Å². The van der Waals surface area contributed by atoms with Gasteiger partial charge in [0.15, 0.2) is 0 Å². The van der Waals surface area contributed by atoms with Gasteiger partial charge in [-0.1, -0.05) is 0 Å². The lowest BCUT2D eigenvalue weighted by atomic mass is 10.2. The topological polar surface area (TPSA) is 81.2 Å². The second kappa shape index (κ2) is 5.78. The van der Waals surface area contributed by atoms with Gasteiger partial charge in [-0.3, -0.25) is 4.68 Å². The van der Waals surface area contributed by atoms with E-state index in [1.165, 1.54) is 10.4 Å². The summed E-state index contributed by atoms with van der Waals surface area (Å²) in [6.45, 7) is 2.00. The Balaban J connectivity index is 2.35. The van der Waals surface area contributed by atoms with Crippen LogP contribution in [0.4, 0.5) is 5.69 Å². The standard InChI is InChI=1S/C13H17BrN4O2S/c1-9-4-11(14)12(15)5-13(9)21(19,20)18(3)8-10-6-16-17(2)7-10/h4-7H,8,15H2,1-3H3. The summed E-state index contributed by atoms with van der Waals surface area (Å²) in [5, 5.41) is 4.04. The molecule has 0 aliphatic heterocycles. The maximum absolute atomic E-state index is 12.7. The number of hydrogen-bond donors (Lipinski definition) is 1. The van der Waals surface area contributed by atoms with Crippen molar-refractivity contribution < 1.29 is 8.42 Å². The number of sulfonamides is 1. The quantitative estimate of drug-likeness (QED) is 0.830. The number of nitrogen functional groups attached to an aromatic ring is 1. The molecular formula is C13H17BrN4O2S. The lowest BCUT2D eigenvalue weighted by Gasteiger charge is -2.18. The van der Waals surface area contributed by atoms with Gasteiger partial charge in [-0.25, -0.2) is 8.42 Å². The second-order valence-electron chi connectivity index (χ2n) is 4.92. The van der Waals surface area contributed by atoms with Crippen molar-refractivity contribution in [3.8, 4) is 0 Å². The molecule has 0 amide bonds. The van der Waals surface area contributed by atoms with Gasteiger partial charge < -0.3 is 5.73 Å². The summed E-state index contributed by atoms with van der Waals surface area (Å²) in [5.41, 5.74) is 7.67. The van der Waals surface area contributed by atoms with Crippen molar-refractivity contribution in [1.82, 2.24) is 14.1 Å². The van der Waals surface area contributed by atoms with Crippen LogP contribution in [0, 0.1) is 6.92 Å². The molecule has 0 spiro atoms. The zero-order valence-corrected chi connectivity index (χ0v) is 14.4. The molecule has 1 heterocycles. The van der Waals surface area contributed by atoms with E-state index in [9.17, 15) is 8.42 Å². The van der Waals surface area contributed by atoms with Crippen LogP contribution in [0.2, 0.25) is 0 Å². The third-order valence-electron chi connectivity index (χ3n) is 3.15. The van der Waals surface area contributed by atoms with Crippen molar-refractivity contribution in [2.75, 3.05) is 12.8 Å². The molecular weight excluding hydrogens is 356 g/mol. The highest BCUT2D eigenvalue weighted by atomic mass is 79.9. The Hall–Kier alpha value is -1.38. The zero-order chi connectivity index (χ0) is 15.8. The molecule has 6 nitrogen and oxygen atoms in total. The van der Waals surface area contributed by atoms with Gasteiger partial charge in [-0.05, 0) is 40.5 Å². The van der Waals surface area contributed by atoms with Gasteiger partial charge in [0, 0.05) is 42.6 Å². The van der Waals surface area contributed by atoms with Crippen LogP contribution in [0.5, 0.6) is 0 Å². The lowest BCUT2D eigenvalue weighted by molar-refractivity contribution is 0.466. The van der Waals surface area contributed by atoms with Crippen LogP contribution in [0.3, 0.4) is 0 Å². The summed E-state index contributed by atoms with van der Waals surface area (Å²) in [6.07, 6.45) is 3.43. The van der Waals surface area contributed by atoms with Gasteiger partial charge in [0.05, 0.1) is 11.1 Å². The van der Waals surface area contributed by atoms with Crippen LogP contribution in [-0.4, -0.2) is 29.6 Å². The third kappa shape index (κ3) is 3.28. The molecule has 0 aliphatic rings. The Morgan fingerprint density at radius 3 is 2.67 bits per heavy atom. The number of aromatic nitrogens is 2. The molecule has 0 aliphatic carbocycles. The van der Waals surface area contributed by atoms with Crippen molar-refractivity contribution in [2.24, 2.45) is 7.05 Å². The van der Waals surface area contributed by atoms with E-state index in [1.807, 2.05) is 0 Å². The van der Waals surface area contributed by atoms with Gasteiger partial charge in [0.1, 0.15) is 0 Å². The Kier molecular flexibility index (Phi) is 4.40. The lowest BCUT2D eigenvalue weighted by Crippen LogP contribution is -2.27. The second-order valence-corrected chi connectivity index (χ2v) is 7.79. The minimum atomic E-state index is -3.60. The fourth-order valence-corrected chi connectivity index (χ4v) is 3.86. The van der Waals surface area contributed by atoms with E-state index in [1.54, 1.807) is 44.2 Å². The molecule has 8 heteroatoms. The molecule has 0 bridgehead atoms. The Morgan fingerprint density at radius 2 is 2.10 bits per heavy atom. The first-order valence-corrected chi connectivity index (χ1v) is 8.44. The molecule has 2 rings (SSSR count). The van der Waals surface area contributed by atoms with E-state index in [4.69, 9.17) is 5.73 Å². The van der Waals surface area contributed by atoms with E-state index in [2.05, 4.69) is 21.0 Å². The largest absolute Gasteiger partial charge is 0.398 e. The first kappa shape index (κ1) is 16.0. The molecule has 0 atom stereocenters.